The summed E-state index contributed by atoms with van der Waals surface area (Å²) in [6.07, 6.45) is 2.38. The largest absolute Gasteiger partial charge is 0.552 e. The van der Waals surface area contributed by atoms with Gasteiger partial charge in [-0.3, -0.25) is 0 Å². The van der Waals surface area contributed by atoms with Crippen LogP contribution >= 0.6 is 0 Å². The number of hydrogen-bond donors (Lipinski definition) is 0. The third-order valence-electron chi connectivity index (χ3n) is 0.702. The van der Waals surface area contributed by atoms with Gasteiger partial charge in [-0.15, -0.1) is 0 Å². The van der Waals surface area contributed by atoms with Crippen molar-refractivity contribution in [2.75, 3.05) is 6.61 Å². The van der Waals surface area contributed by atoms with Crippen molar-refractivity contribution in [1.29, 1.82) is 0 Å². The minimum absolute atomic E-state index is 0. The molecule has 0 aromatic rings. The van der Waals surface area contributed by atoms with Gasteiger partial charge in [-0.2, -0.15) is 6.42 Å². The average Bonchev–Trinajstić information content (AvgIpc) is 1.76. The first-order valence-electron chi connectivity index (χ1n) is 1.93. The summed E-state index contributed by atoms with van der Waals surface area (Å²) in [4.78, 5) is 0. The van der Waals surface area contributed by atoms with E-state index in [1.165, 1.54) is 6.42 Å². The Hall–Kier alpha value is 1.06. The first-order valence-corrected chi connectivity index (χ1v) is 1.93. The summed E-state index contributed by atoms with van der Waals surface area (Å²) in [6.45, 7) is 2.81. The fourth-order valence-electron chi connectivity index (χ4n) is 0.417. The maximum Gasteiger partial charge on any atom is 0.00878 e. The molecule has 0 aliphatic carbocycles. The van der Waals surface area contributed by atoms with Crippen molar-refractivity contribution in [2.24, 2.45) is 0 Å². The molecule has 1 saturated heterocycles. The van der Waals surface area contributed by atoms with E-state index in [0.29, 0.717) is 0 Å². The summed E-state index contributed by atoms with van der Waals surface area (Å²) in [6, 6.07) is 0. The van der Waals surface area contributed by atoms with Crippen LogP contribution in [0.2, 0.25) is 0 Å². The van der Waals surface area contributed by atoms with Crippen LogP contribution in [0.4, 0.5) is 0 Å². The standard InChI is InChI=1S/C4H7O.3CH3.Y/c1-2-4-5-3-1;;;;/h3H,1-2,4H2;3*1H3;/q4*-1;. The molecule has 1 rings (SSSR count). The van der Waals surface area contributed by atoms with Gasteiger partial charge in [-0.25, -0.2) is 6.61 Å². The molecule has 0 N–H and O–H groups in total. The average molecular weight is 205 g/mol. The SMILES string of the molecule is [CH-]1CCCO1.[CH3-].[CH3-].[CH3-].[Y]. The van der Waals surface area contributed by atoms with Crippen molar-refractivity contribution in [3.8, 4) is 0 Å². The Morgan fingerprint density at radius 2 is 1.67 bits per heavy atom. The van der Waals surface area contributed by atoms with Gasteiger partial charge in [0.15, 0.2) is 0 Å². The molecular weight excluding hydrogens is 189 g/mol. The van der Waals surface area contributed by atoms with Crippen LogP contribution in [0, 0.1) is 28.9 Å². The Bertz CT molecular complexity index is 20.5. The van der Waals surface area contributed by atoms with E-state index >= 15 is 0 Å². The van der Waals surface area contributed by atoms with Gasteiger partial charge in [0, 0.05) is 39.3 Å². The van der Waals surface area contributed by atoms with Crippen LogP contribution in [0.5, 0.6) is 0 Å². The van der Waals surface area contributed by atoms with E-state index in [0.717, 1.165) is 13.0 Å². The number of rotatable bonds is 0. The van der Waals surface area contributed by atoms with E-state index < -0.39 is 0 Å². The smallest absolute Gasteiger partial charge is 0.00878 e. The van der Waals surface area contributed by atoms with Crippen LogP contribution < -0.4 is 0 Å². The Labute approximate surface area is 85.4 Å². The number of hydrogen-bond acceptors (Lipinski definition) is 1. The summed E-state index contributed by atoms with van der Waals surface area (Å²) in [5, 5.41) is 0. The Balaban J connectivity index is -0.0000000312. The molecule has 0 amide bonds. The topological polar surface area (TPSA) is 9.23 Å². The van der Waals surface area contributed by atoms with Crippen LogP contribution in [0.1, 0.15) is 12.8 Å². The minimum atomic E-state index is 0. The minimum Gasteiger partial charge on any atom is -0.552 e. The van der Waals surface area contributed by atoms with E-state index in [1.807, 2.05) is 6.61 Å². The van der Waals surface area contributed by atoms with Crippen molar-refractivity contribution in [3.63, 3.8) is 0 Å². The molecule has 1 radical (unpaired) electrons. The first-order chi connectivity index (χ1) is 2.50. The van der Waals surface area contributed by atoms with Crippen molar-refractivity contribution < 1.29 is 37.4 Å². The predicted octanol–water partition coefficient (Wildman–Crippen LogP) is 2.31. The van der Waals surface area contributed by atoms with Crippen molar-refractivity contribution in [3.05, 3.63) is 28.9 Å². The van der Waals surface area contributed by atoms with Crippen LogP contribution in [0.3, 0.4) is 0 Å². The van der Waals surface area contributed by atoms with Crippen LogP contribution in [-0.2, 0) is 37.4 Å². The number of ether oxygens (including phenoxy) is 1. The van der Waals surface area contributed by atoms with E-state index in [-0.39, 0.29) is 55.0 Å². The molecule has 1 nitrogen and oxygen atoms in total. The third kappa shape index (κ3) is 12.3. The second-order valence-corrected chi connectivity index (χ2v) is 1.18. The Morgan fingerprint density at radius 1 is 1.11 bits per heavy atom. The quantitative estimate of drug-likeness (QED) is 0.551. The maximum absolute atomic E-state index is 4.82. The normalized spacial score (nSPS) is 13.3. The molecule has 1 heterocycles. The van der Waals surface area contributed by atoms with Crippen molar-refractivity contribution in [2.45, 2.75) is 12.8 Å². The Kier molecular flexibility index (Phi) is 40.0. The molecule has 0 spiro atoms. The molecule has 1 fully saturated rings. The van der Waals surface area contributed by atoms with Gasteiger partial charge < -0.3 is 27.0 Å². The summed E-state index contributed by atoms with van der Waals surface area (Å²) < 4.78 is 4.82. The van der Waals surface area contributed by atoms with E-state index in [2.05, 4.69) is 0 Å². The van der Waals surface area contributed by atoms with Gasteiger partial charge in [0.25, 0.3) is 0 Å². The van der Waals surface area contributed by atoms with E-state index in [1.54, 1.807) is 0 Å². The molecule has 0 unspecified atom stereocenters. The second kappa shape index (κ2) is 16.0. The molecule has 0 atom stereocenters. The second-order valence-electron chi connectivity index (χ2n) is 1.18. The molecule has 2 heteroatoms. The summed E-state index contributed by atoms with van der Waals surface area (Å²) in [5.74, 6) is 0. The van der Waals surface area contributed by atoms with Crippen LogP contribution in [0.15, 0.2) is 0 Å². The third-order valence-corrected chi connectivity index (χ3v) is 0.702. The molecule has 0 aromatic carbocycles. The zero-order valence-electron chi connectivity index (χ0n) is 6.68. The summed E-state index contributed by atoms with van der Waals surface area (Å²) in [5.41, 5.74) is 0. The van der Waals surface area contributed by atoms with Gasteiger partial charge in [0.1, 0.15) is 0 Å². The van der Waals surface area contributed by atoms with Crippen LogP contribution in [0.25, 0.3) is 0 Å². The molecular formula is C7H16OY-4. The van der Waals surface area contributed by atoms with Gasteiger partial charge in [0.05, 0.1) is 0 Å². The molecule has 1 aliphatic rings. The maximum atomic E-state index is 4.82. The predicted molar refractivity (Wildman–Crippen MR) is 38.7 cm³/mol. The van der Waals surface area contributed by atoms with Gasteiger partial charge in [0.2, 0.25) is 0 Å². The van der Waals surface area contributed by atoms with Gasteiger partial charge in [-0.1, -0.05) is 6.42 Å². The molecule has 1 aliphatic heterocycles. The zero-order chi connectivity index (χ0) is 3.54. The summed E-state index contributed by atoms with van der Waals surface area (Å²) in [7, 11) is 0. The zero-order valence-corrected chi connectivity index (χ0v) is 9.52. The molecule has 9 heavy (non-hydrogen) atoms. The van der Waals surface area contributed by atoms with Gasteiger partial charge in [-0.05, 0) is 0 Å². The van der Waals surface area contributed by atoms with E-state index in [9.17, 15) is 0 Å². The first kappa shape index (κ1) is 22.5. The van der Waals surface area contributed by atoms with Gasteiger partial charge >= 0.3 is 0 Å². The Morgan fingerprint density at radius 3 is 1.78 bits per heavy atom. The fraction of sp³-hybridized carbons (Fsp3) is 0.429. The monoisotopic (exact) mass is 205 g/mol. The molecule has 0 aromatic heterocycles. The molecule has 0 saturated carbocycles. The van der Waals surface area contributed by atoms with Crippen LogP contribution in [-0.4, -0.2) is 6.61 Å². The molecule has 0 bridgehead atoms. The molecule has 57 valence electrons. The van der Waals surface area contributed by atoms with Crippen molar-refractivity contribution in [1.82, 2.24) is 0 Å². The van der Waals surface area contributed by atoms with Crippen molar-refractivity contribution >= 4 is 0 Å². The fourth-order valence-corrected chi connectivity index (χ4v) is 0.417. The van der Waals surface area contributed by atoms with E-state index in [4.69, 9.17) is 4.74 Å². The summed E-state index contributed by atoms with van der Waals surface area (Å²) >= 11 is 0.